The Morgan fingerprint density at radius 2 is 1.92 bits per heavy atom. The van der Waals surface area contributed by atoms with Crippen LogP contribution in [0.3, 0.4) is 0 Å². The number of alkyl halides is 3. The number of benzene rings is 1. The van der Waals surface area contributed by atoms with Crippen LogP contribution in [0.2, 0.25) is 0 Å². The number of aromatic nitrogens is 1. The molecule has 1 aromatic heterocycles. The SMILES string of the molecule is COc1ccc(/C=N\NC(=O)Cn2cc(C(F)(F)F)ccc2=O)cc1. The summed E-state index contributed by atoms with van der Waals surface area (Å²) < 4.78 is 43.6. The van der Waals surface area contributed by atoms with Crippen molar-refractivity contribution >= 4 is 12.1 Å². The van der Waals surface area contributed by atoms with Crippen molar-refractivity contribution in [3.05, 3.63) is 64.1 Å². The first-order valence-corrected chi connectivity index (χ1v) is 7.03. The Morgan fingerprint density at radius 3 is 2.52 bits per heavy atom. The summed E-state index contributed by atoms with van der Waals surface area (Å²) in [4.78, 5) is 23.3. The molecule has 0 fully saturated rings. The number of nitrogens with zero attached hydrogens (tertiary/aromatic N) is 2. The Balaban J connectivity index is 2.00. The summed E-state index contributed by atoms with van der Waals surface area (Å²) in [6.45, 7) is -0.581. The lowest BCUT2D eigenvalue weighted by molar-refractivity contribution is -0.138. The number of amides is 1. The van der Waals surface area contributed by atoms with Crippen molar-refractivity contribution < 1.29 is 22.7 Å². The molecule has 1 N–H and O–H groups in total. The van der Waals surface area contributed by atoms with Gasteiger partial charge in [0.1, 0.15) is 12.3 Å². The zero-order chi connectivity index (χ0) is 18.4. The molecule has 0 bridgehead atoms. The number of methoxy groups -OCH3 is 1. The maximum atomic E-state index is 12.6. The molecule has 0 unspecified atom stereocenters. The number of halogens is 3. The summed E-state index contributed by atoms with van der Waals surface area (Å²) in [5, 5.41) is 3.69. The average molecular weight is 353 g/mol. The maximum Gasteiger partial charge on any atom is 0.417 e. The molecule has 0 aliphatic rings. The van der Waals surface area contributed by atoms with Gasteiger partial charge in [-0.15, -0.1) is 0 Å². The van der Waals surface area contributed by atoms with Crippen molar-refractivity contribution in [3.63, 3.8) is 0 Å². The Bertz CT molecular complexity index is 827. The van der Waals surface area contributed by atoms with E-state index in [-0.39, 0.29) is 0 Å². The van der Waals surface area contributed by atoms with E-state index in [9.17, 15) is 22.8 Å². The van der Waals surface area contributed by atoms with Crippen LogP contribution >= 0.6 is 0 Å². The molecule has 0 spiro atoms. The number of rotatable bonds is 5. The molecule has 0 radical (unpaired) electrons. The molecule has 1 aromatic carbocycles. The molecule has 0 saturated carbocycles. The second-order valence-electron chi connectivity index (χ2n) is 4.95. The number of nitrogens with one attached hydrogen (secondary N) is 1. The Hall–Kier alpha value is -3.10. The van der Waals surface area contributed by atoms with Crippen LogP contribution in [0.25, 0.3) is 0 Å². The fraction of sp³-hybridized carbons (Fsp3) is 0.188. The second kappa shape index (κ2) is 7.65. The van der Waals surface area contributed by atoms with Gasteiger partial charge >= 0.3 is 6.18 Å². The number of ether oxygens (including phenoxy) is 1. The van der Waals surface area contributed by atoms with Gasteiger partial charge in [0.25, 0.3) is 11.5 Å². The number of carbonyl (C=O) groups is 1. The van der Waals surface area contributed by atoms with E-state index in [2.05, 4.69) is 10.5 Å². The number of carbonyl (C=O) groups excluding carboxylic acids is 1. The van der Waals surface area contributed by atoms with E-state index >= 15 is 0 Å². The number of hydrogen-bond acceptors (Lipinski definition) is 4. The third-order valence-corrected chi connectivity index (χ3v) is 3.14. The minimum Gasteiger partial charge on any atom is -0.497 e. The Morgan fingerprint density at radius 1 is 1.24 bits per heavy atom. The standard InChI is InChI=1S/C16H14F3N3O3/c1-25-13-5-2-11(3-6-13)8-20-21-14(23)10-22-9-12(16(17,18)19)4-7-15(22)24/h2-9H,10H2,1H3,(H,21,23)/b20-8-. The van der Waals surface area contributed by atoms with E-state index < -0.39 is 29.8 Å². The predicted molar refractivity (Wildman–Crippen MR) is 84.4 cm³/mol. The smallest absolute Gasteiger partial charge is 0.417 e. The van der Waals surface area contributed by atoms with Gasteiger partial charge in [-0.2, -0.15) is 18.3 Å². The topological polar surface area (TPSA) is 72.7 Å². The molecule has 2 aromatic rings. The van der Waals surface area contributed by atoms with Crippen LogP contribution in [0.1, 0.15) is 11.1 Å². The Labute approximate surface area is 140 Å². The van der Waals surface area contributed by atoms with Crippen LogP contribution < -0.4 is 15.7 Å². The summed E-state index contributed by atoms with van der Waals surface area (Å²) in [5.41, 5.74) is 1.10. The minimum absolute atomic E-state index is 0.581. The van der Waals surface area contributed by atoms with Crippen molar-refractivity contribution in [2.45, 2.75) is 12.7 Å². The van der Waals surface area contributed by atoms with Gasteiger partial charge in [-0.25, -0.2) is 5.43 Å². The molecule has 1 heterocycles. The first-order chi connectivity index (χ1) is 11.8. The zero-order valence-electron chi connectivity index (χ0n) is 13.1. The van der Waals surface area contributed by atoms with Gasteiger partial charge in [0.15, 0.2) is 0 Å². The van der Waals surface area contributed by atoms with Gasteiger partial charge in [0.05, 0.1) is 18.9 Å². The largest absolute Gasteiger partial charge is 0.497 e. The lowest BCUT2D eigenvalue weighted by atomic mass is 10.2. The number of hydrazone groups is 1. The zero-order valence-corrected chi connectivity index (χ0v) is 13.1. The summed E-state index contributed by atoms with van der Waals surface area (Å²) in [5.74, 6) is -0.0729. The van der Waals surface area contributed by atoms with Gasteiger partial charge in [0, 0.05) is 12.3 Å². The van der Waals surface area contributed by atoms with Crippen molar-refractivity contribution in [3.8, 4) is 5.75 Å². The highest BCUT2D eigenvalue weighted by molar-refractivity contribution is 5.82. The summed E-state index contributed by atoms with van der Waals surface area (Å²) in [6, 6.07) is 8.23. The van der Waals surface area contributed by atoms with Crippen LogP contribution in [0.4, 0.5) is 13.2 Å². The minimum atomic E-state index is -4.60. The van der Waals surface area contributed by atoms with E-state index in [0.29, 0.717) is 28.1 Å². The van der Waals surface area contributed by atoms with E-state index in [4.69, 9.17) is 4.74 Å². The fourth-order valence-electron chi connectivity index (χ4n) is 1.88. The highest BCUT2D eigenvalue weighted by atomic mass is 19.4. The third kappa shape index (κ3) is 5.20. The molecule has 1 amide bonds. The molecule has 25 heavy (non-hydrogen) atoms. The van der Waals surface area contributed by atoms with E-state index in [1.165, 1.54) is 13.3 Å². The second-order valence-corrected chi connectivity index (χ2v) is 4.95. The van der Waals surface area contributed by atoms with Crippen molar-refractivity contribution in [2.24, 2.45) is 5.10 Å². The fourth-order valence-corrected chi connectivity index (χ4v) is 1.88. The molecule has 132 valence electrons. The van der Waals surface area contributed by atoms with Gasteiger partial charge in [-0.05, 0) is 35.9 Å². The molecule has 0 saturated heterocycles. The van der Waals surface area contributed by atoms with E-state index in [0.717, 1.165) is 6.07 Å². The lowest BCUT2D eigenvalue weighted by Crippen LogP contribution is -2.30. The molecular formula is C16H14F3N3O3. The number of hydrogen-bond donors (Lipinski definition) is 1. The molecular weight excluding hydrogens is 339 g/mol. The predicted octanol–water partition coefficient (Wildman–Crippen LogP) is 2.03. The van der Waals surface area contributed by atoms with Gasteiger partial charge in [0.2, 0.25) is 0 Å². The maximum absolute atomic E-state index is 12.6. The molecule has 0 aliphatic heterocycles. The Kier molecular flexibility index (Phi) is 5.58. The first-order valence-electron chi connectivity index (χ1n) is 7.03. The monoisotopic (exact) mass is 353 g/mol. The van der Waals surface area contributed by atoms with Crippen LogP contribution in [0, 0.1) is 0 Å². The summed E-state index contributed by atoms with van der Waals surface area (Å²) in [6.07, 6.45) is -2.65. The highest BCUT2D eigenvalue weighted by Gasteiger charge is 2.31. The van der Waals surface area contributed by atoms with Crippen molar-refractivity contribution in [2.75, 3.05) is 7.11 Å². The van der Waals surface area contributed by atoms with Gasteiger partial charge in [-0.3, -0.25) is 9.59 Å². The number of pyridine rings is 1. The quantitative estimate of drug-likeness (QED) is 0.660. The van der Waals surface area contributed by atoms with Crippen LogP contribution in [0.5, 0.6) is 5.75 Å². The lowest BCUT2D eigenvalue weighted by Gasteiger charge is -2.09. The van der Waals surface area contributed by atoms with Gasteiger partial charge < -0.3 is 9.30 Å². The molecule has 0 aliphatic carbocycles. The molecule has 0 atom stereocenters. The third-order valence-electron chi connectivity index (χ3n) is 3.14. The molecule has 2 rings (SSSR count). The summed E-state index contributed by atoms with van der Waals surface area (Å²) >= 11 is 0. The first kappa shape index (κ1) is 18.2. The normalized spacial score (nSPS) is 11.5. The summed E-state index contributed by atoms with van der Waals surface area (Å²) in [7, 11) is 1.53. The highest BCUT2D eigenvalue weighted by Crippen LogP contribution is 2.27. The molecule has 9 heteroatoms. The van der Waals surface area contributed by atoms with E-state index in [1.807, 2.05) is 0 Å². The van der Waals surface area contributed by atoms with Crippen molar-refractivity contribution in [1.29, 1.82) is 0 Å². The average Bonchev–Trinajstić information content (AvgIpc) is 2.56. The van der Waals surface area contributed by atoms with Crippen LogP contribution in [0.15, 0.2) is 52.5 Å². The van der Waals surface area contributed by atoms with Crippen molar-refractivity contribution in [1.82, 2.24) is 9.99 Å². The van der Waals surface area contributed by atoms with E-state index in [1.54, 1.807) is 24.3 Å². The van der Waals surface area contributed by atoms with Crippen LogP contribution in [-0.2, 0) is 17.5 Å². The van der Waals surface area contributed by atoms with Crippen LogP contribution in [-0.4, -0.2) is 23.8 Å². The van der Waals surface area contributed by atoms with Gasteiger partial charge in [-0.1, -0.05) is 0 Å². The molecule has 6 nitrogen and oxygen atoms in total.